The van der Waals surface area contributed by atoms with Crippen LogP contribution in [0.25, 0.3) is 0 Å². The van der Waals surface area contributed by atoms with E-state index in [0.29, 0.717) is 6.92 Å². The van der Waals surface area contributed by atoms with Crippen LogP contribution >= 0.6 is 0 Å². The van der Waals surface area contributed by atoms with Gasteiger partial charge in [-0.25, -0.2) is 9.59 Å². The number of aliphatic carboxylic acids is 1. The molecule has 0 amide bonds. The number of carboxylic acids is 1. The molecule has 1 N–H and O–H groups in total. The highest BCUT2D eigenvalue weighted by Gasteiger charge is 2.71. The number of carbonyl (C=O) groups is 2. The van der Waals surface area contributed by atoms with Crippen LogP contribution in [0.3, 0.4) is 0 Å². The van der Waals surface area contributed by atoms with Crippen molar-refractivity contribution in [1.29, 1.82) is 0 Å². The van der Waals surface area contributed by atoms with Gasteiger partial charge in [0.1, 0.15) is 0 Å². The molecule has 116 valence electrons. The summed E-state index contributed by atoms with van der Waals surface area (Å²) in [5, 5.41) is 8.24. The Hall–Kier alpha value is -1.67. The highest BCUT2D eigenvalue weighted by Crippen LogP contribution is 2.48. The van der Waals surface area contributed by atoms with E-state index in [1.54, 1.807) is 0 Å². The molecule has 0 saturated heterocycles. The Balaban J connectivity index is 5.44. The number of ether oxygens (including phenoxy) is 1. The van der Waals surface area contributed by atoms with Crippen molar-refractivity contribution < 1.29 is 41.4 Å². The number of carboxylic acid groups (broad SMARTS) is 1. The van der Waals surface area contributed by atoms with Crippen molar-refractivity contribution in [2.24, 2.45) is 5.92 Å². The minimum Gasteiger partial charge on any atom is -0.478 e. The molecule has 0 heterocycles. The summed E-state index contributed by atoms with van der Waals surface area (Å²) >= 11 is 0. The Bertz CT molecular complexity index is 414. The van der Waals surface area contributed by atoms with Gasteiger partial charge in [0.2, 0.25) is 0 Å². The van der Waals surface area contributed by atoms with Crippen molar-refractivity contribution in [1.82, 2.24) is 0 Å². The molecule has 9 heteroatoms. The summed E-state index contributed by atoms with van der Waals surface area (Å²) in [7, 11) is 0. The number of hydrogen-bond acceptors (Lipinski definition) is 3. The molecule has 0 fully saturated rings. The predicted molar refractivity (Wildman–Crippen MR) is 57.1 cm³/mol. The molecule has 0 aromatic heterocycles. The van der Waals surface area contributed by atoms with Gasteiger partial charge in [0, 0.05) is 12.2 Å². The highest BCUT2D eigenvalue weighted by molar-refractivity contribution is 5.90. The Morgan fingerprint density at radius 3 is 1.85 bits per heavy atom. The highest BCUT2D eigenvalue weighted by atomic mass is 19.4. The largest absolute Gasteiger partial charge is 0.478 e. The van der Waals surface area contributed by atoms with Crippen LogP contribution in [-0.2, 0) is 14.3 Å². The van der Waals surface area contributed by atoms with Gasteiger partial charge in [-0.05, 0) is 12.8 Å². The summed E-state index contributed by atoms with van der Waals surface area (Å²) in [5.41, 5.74) is -3.16. The topological polar surface area (TPSA) is 63.6 Å². The Morgan fingerprint density at radius 2 is 1.55 bits per heavy atom. The summed E-state index contributed by atoms with van der Waals surface area (Å²) in [5.74, 6) is -9.84. The second kappa shape index (κ2) is 5.76. The van der Waals surface area contributed by atoms with E-state index in [0.717, 1.165) is 13.8 Å². The van der Waals surface area contributed by atoms with Crippen LogP contribution in [0.15, 0.2) is 12.2 Å². The summed E-state index contributed by atoms with van der Waals surface area (Å²) in [6.45, 7) is 2.49. The molecule has 0 saturated carbocycles. The third-order valence-electron chi connectivity index (χ3n) is 2.76. The maximum atomic E-state index is 13.4. The van der Waals surface area contributed by atoms with E-state index in [1.807, 2.05) is 0 Å². The number of carbonyl (C=O) groups excluding carboxylic acids is 1. The maximum Gasteiger partial charge on any atom is 0.457 e. The molecule has 0 aromatic rings. The van der Waals surface area contributed by atoms with Crippen molar-refractivity contribution >= 4 is 11.9 Å². The van der Waals surface area contributed by atoms with Crippen molar-refractivity contribution in [2.75, 3.05) is 0 Å². The molecular weight excluding hydrogens is 291 g/mol. The van der Waals surface area contributed by atoms with Gasteiger partial charge in [-0.3, -0.25) is 0 Å². The summed E-state index contributed by atoms with van der Waals surface area (Å²) in [6, 6.07) is 0. The van der Waals surface area contributed by atoms with Gasteiger partial charge in [0.25, 0.3) is 0 Å². The van der Waals surface area contributed by atoms with Crippen LogP contribution in [0.5, 0.6) is 0 Å². The summed E-state index contributed by atoms with van der Waals surface area (Å²) in [4.78, 5) is 21.3. The van der Waals surface area contributed by atoms with Gasteiger partial charge in [0.05, 0.1) is 0 Å². The van der Waals surface area contributed by atoms with Crippen LogP contribution in [0.4, 0.5) is 22.0 Å². The predicted octanol–water partition coefficient (Wildman–Crippen LogP) is 2.78. The van der Waals surface area contributed by atoms with E-state index < -0.39 is 35.6 Å². The third kappa shape index (κ3) is 3.67. The zero-order valence-electron chi connectivity index (χ0n) is 10.8. The van der Waals surface area contributed by atoms with Crippen molar-refractivity contribution in [3.8, 4) is 0 Å². The molecule has 0 spiro atoms. The lowest BCUT2D eigenvalue weighted by Crippen LogP contribution is -2.60. The molecule has 0 rings (SSSR count). The monoisotopic (exact) mass is 304 g/mol. The summed E-state index contributed by atoms with van der Waals surface area (Å²) in [6.07, 6.45) is -5.38. The van der Waals surface area contributed by atoms with Crippen LogP contribution < -0.4 is 0 Å². The average molecular weight is 304 g/mol. The standard InChI is InChI=1S/C11H13F5O4/c1-6(2)9(3,10(12,13)11(14,15)16)20-8(19)5-4-7(17)18/h4-6H,1-3H3,(H,17,18)/b5-4-. The second-order valence-corrected chi connectivity index (χ2v) is 4.43. The van der Waals surface area contributed by atoms with E-state index in [1.165, 1.54) is 0 Å². The van der Waals surface area contributed by atoms with Crippen molar-refractivity contribution in [3.63, 3.8) is 0 Å². The Kier molecular flexibility index (Phi) is 5.28. The smallest absolute Gasteiger partial charge is 0.457 e. The van der Waals surface area contributed by atoms with Crippen LogP contribution in [0, 0.1) is 5.92 Å². The SMILES string of the molecule is CC(C)C(C)(OC(=O)/C=C\C(=O)O)C(F)(F)C(F)(F)F. The fourth-order valence-electron chi connectivity index (χ4n) is 1.21. The number of hydrogen-bond donors (Lipinski definition) is 1. The molecule has 0 radical (unpaired) electrons. The molecule has 0 aliphatic rings. The van der Waals surface area contributed by atoms with Crippen molar-refractivity contribution in [2.45, 2.75) is 38.5 Å². The van der Waals surface area contributed by atoms with Gasteiger partial charge < -0.3 is 9.84 Å². The first-order valence-corrected chi connectivity index (χ1v) is 5.34. The Morgan fingerprint density at radius 1 is 1.10 bits per heavy atom. The van der Waals surface area contributed by atoms with Gasteiger partial charge in [-0.2, -0.15) is 22.0 Å². The molecular formula is C11H13F5O4. The van der Waals surface area contributed by atoms with E-state index in [2.05, 4.69) is 4.74 Å². The second-order valence-electron chi connectivity index (χ2n) is 4.43. The average Bonchev–Trinajstić information content (AvgIpc) is 2.24. The third-order valence-corrected chi connectivity index (χ3v) is 2.76. The quantitative estimate of drug-likeness (QED) is 0.482. The molecule has 0 aliphatic heterocycles. The molecule has 0 aliphatic carbocycles. The van der Waals surface area contributed by atoms with Crippen LogP contribution in [0.1, 0.15) is 20.8 Å². The van der Waals surface area contributed by atoms with Gasteiger partial charge in [-0.1, -0.05) is 13.8 Å². The number of alkyl halides is 5. The molecule has 20 heavy (non-hydrogen) atoms. The van der Waals surface area contributed by atoms with Gasteiger partial charge in [-0.15, -0.1) is 0 Å². The zero-order chi connectivity index (χ0) is 16.4. The lowest BCUT2D eigenvalue weighted by molar-refractivity contribution is -0.346. The lowest BCUT2D eigenvalue weighted by atomic mass is 9.85. The first-order valence-electron chi connectivity index (χ1n) is 5.34. The van der Waals surface area contributed by atoms with Crippen molar-refractivity contribution in [3.05, 3.63) is 12.2 Å². The fourth-order valence-corrected chi connectivity index (χ4v) is 1.21. The molecule has 1 atom stereocenters. The molecule has 0 bridgehead atoms. The minimum absolute atomic E-state index is 0.259. The number of esters is 1. The van der Waals surface area contributed by atoms with E-state index in [9.17, 15) is 31.5 Å². The number of halogens is 5. The summed E-state index contributed by atoms with van der Waals surface area (Å²) < 4.78 is 68.3. The fraction of sp³-hybridized carbons (Fsp3) is 0.636. The van der Waals surface area contributed by atoms with E-state index >= 15 is 0 Å². The maximum absolute atomic E-state index is 13.4. The normalized spacial score (nSPS) is 16.2. The first-order chi connectivity index (χ1) is 8.75. The lowest BCUT2D eigenvalue weighted by Gasteiger charge is -2.40. The van der Waals surface area contributed by atoms with Gasteiger partial charge in [0.15, 0.2) is 5.60 Å². The van der Waals surface area contributed by atoms with Crippen LogP contribution in [-0.4, -0.2) is 34.7 Å². The van der Waals surface area contributed by atoms with E-state index in [4.69, 9.17) is 5.11 Å². The zero-order valence-corrected chi connectivity index (χ0v) is 10.8. The van der Waals surface area contributed by atoms with Gasteiger partial charge >= 0.3 is 24.0 Å². The number of rotatable bonds is 5. The first kappa shape index (κ1) is 18.3. The van der Waals surface area contributed by atoms with Crippen LogP contribution in [0.2, 0.25) is 0 Å². The Labute approximate surface area is 111 Å². The molecule has 4 nitrogen and oxygen atoms in total. The van der Waals surface area contributed by atoms with E-state index in [-0.39, 0.29) is 12.2 Å². The minimum atomic E-state index is -5.91. The molecule has 0 aromatic carbocycles. The molecule has 1 unspecified atom stereocenters.